The Hall–Kier alpha value is -2.83. The van der Waals surface area contributed by atoms with Gasteiger partial charge in [0.05, 0.1) is 5.69 Å². The van der Waals surface area contributed by atoms with Crippen LogP contribution in [0.3, 0.4) is 0 Å². The van der Waals surface area contributed by atoms with Crippen molar-refractivity contribution in [1.82, 2.24) is 15.1 Å². The molecule has 1 aliphatic rings. The van der Waals surface area contributed by atoms with Gasteiger partial charge in [-0.3, -0.25) is 9.48 Å². The minimum absolute atomic E-state index is 0.0346. The Bertz CT molecular complexity index is 866. The number of nitrogens with one attached hydrogen (secondary N) is 3. The first-order chi connectivity index (χ1) is 13.8. The van der Waals surface area contributed by atoms with Crippen molar-refractivity contribution in [2.45, 2.75) is 66.0 Å². The molecule has 1 aromatic carbocycles. The number of nitrogens with zero attached hydrogens (tertiary/aromatic N) is 2. The van der Waals surface area contributed by atoms with E-state index in [2.05, 4.69) is 41.8 Å². The number of aromatic nitrogens is 2. The Morgan fingerprint density at radius 1 is 1.10 bits per heavy atom. The van der Waals surface area contributed by atoms with Gasteiger partial charge in [-0.15, -0.1) is 0 Å². The maximum absolute atomic E-state index is 12.4. The smallest absolute Gasteiger partial charge is 0.319 e. The Kier molecular flexibility index (Phi) is 6.56. The fourth-order valence-electron chi connectivity index (χ4n) is 3.30. The number of benzene rings is 1. The molecule has 0 unspecified atom stereocenters. The molecule has 1 aromatic heterocycles. The average Bonchev–Trinajstić information content (AvgIpc) is 3.41. The number of hydrogen-bond donors (Lipinski definition) is 3. The molecule has 1 saturated carbocycles. The van der Waals surface area contributed by atoms with Crippen molar-refractivity contribution in [1.29, 1.82) is 0 Å². The third-order valence-electron chi connectivity index (χ3n) is 5.01. The lowest BCUT2D eigenvalue weighted by Gasteiger charge is -2.09. The molecule has 0 spiro atoms. The summed E-state index contributed by atoms with van der Waals surface area (Å²) in [4.78, 5) is 24.1. The second-order valence-corrected chi connectivity index (χ2v) is 8.22. The quantitative estimate of drug-likeness (QED) is 0.629. The lowest BCUT2D eigenvalue weighted by molar-refractivity contribution is -0.116. The molecule has 1 heterocycles. The van der Waals surface area contributed by atoms with Crippen LogP contribution in [0.25, 0.3) is 0 Å². The number of amides is 3. The second kappa shape index (κ2) is 9.11. The van der Waals surface area contributed by atoms with E-state index in [1.54, 1.807) is 24.3 Å². The van der Waals surface area contributed by atoms with Crippen LogP contribution < -0.4 is 16.0 Å². The highest BCUT2D eigenvalue weighted by molar-refractivity contribution is 5.92. The number of aryl methyl sites for hydroxylation is 1. The Morgan fingerprint density at radius 3 is 2.31 bits per heavy atom. The zero-order chi connectivity index (χ0) is 21.0. The number of urea groups is 1. The van der Waals surface area contributed by atoms with Crippen LogP contribution in [-0.2, 0) is 17.8 Å². The van der Waals surface area contributed by atoms with Crippen molar-refractivity contribution in [2.24, 2.45) is 5.92 Å². The van der Waals surface area contributed by atoms with E-state index in [0.717, 1.165) is 36.3 Å². The van der Waals surface area contributed by atoms with Gasteiger partial charge in [0.25, 0.3) is 0 Å². The number of carbonyl (C=O) groups excluding carboxylic acids is 2. The van der Waals surface area contributed by atoms with Gasteiger partial charge in [0, 0.05) is 36.1 Å². The zero-order valence-electron chi connectivity index (χ0n) is 17.7. The Morgan fingerprint density at radius 2 is 1.72 bits per heavy atom. The average molecular weight is 398 g/mol. The molecule has 3 rings (SSSR count). The highest BCUT2D eigenvalue weighted by Gasteiger charge is 2.23. The molecule has 7 heteroatoms. The zero-order valence-corrected chi connectivity index (χ0v) is 17.7. The van der Waals surface area contributed by atoms with Crippen LogP contribution in [0, 0.1) is 19.8 Å². The number of hydrogen-bond acceptors (Lipinski definition) is 3. The fraction of sp³-hybridized carbons (Fsp3) is 0.500. The number of carbonyl (C=O) groups is 2. The van der Waals surface area contributed by atoms with Gasteiger partial charge in [-0.1, -0.05) is 13.8 Å². The van der Waals surface area contributed by atoms with E-state index < -0.39 is 0 Å². The maximum Gasteiger partial charge on any atom is 0.319 e. The summed E-state index contributed by atoms with van der Waals surface area (Å²) in [6.45, 7) is 9.30. The molecule has 3 amide bonds. The van der Waals surface area contributed by atoms with Gasteiger partial charge >= 0.3 is 6.03 Å². The third-order valence-corrected chi connectivity index (χ3v) is 5.01. The van der Waals surface area contributed by atoms with Crippen LogP contribution in [0.4, 0.5) is 16.2 Å². The molecule has 2 aromatic rings. The van der Waals surface area contributed by atoms with Gasteiger partial charge in [0.1, 0.15) is 0 Å². The van der Waals surface area contributed by atoms with E-state index in [1.807, 2.05) is 11.6 Å². The molecule has 0 aliphatic heterocycles. The highest BCUT2D eigenvalue weighted by atomic mass is 16.2. The first-order valence-electron chi connectivity index (χ1n) is 10.3. The van der Waals surface area contributed by atoms with Gasteiger partial charge < -0.3 is 16.0 Å². The Labute approximate surface area is 172 Å². The van der Waals surface area contributed by atoms with Crippen LogP contribution in [0.15, 0.2) is 24.3 Å². The van der Waals surface area contributed by atoms with Crippen LogP contribution >= 0.6 is 0 Å². The molecule has 0 bridgehead atoms. The lowest BCUT2D eigenvalue weighted by Crippen LogP contribution is -2.30. The first kappa shape index (κ1) is 20.9. The van der Waals surface area contributed by atoms with E-state index >= 15 is 0 Å². The summed E-state index contributed by atoms with van der Waals surface area (Å²) >= 11 is 0. The summed E-state index contributed by atoms with van der Waals surface area (Å²) < 4.78 is 2.04. The molecule has 1 fully saturated rings. The van der Waals surface area contributed by atoms with Gasteiger partial charge in [-0.05, 0) is 68.9 Å². The van der Waals surface area contributed by atoms with E-state index in [-0.39, 0.29) is 11.9 Å². The van der Waals surface area contributed by atoms with Crippen LogP contribution in [0.2, 0.25) is 0 Å². The number of rotatable bonds is 8. The van der Waals surface area contributed by atoms with Crippen molar-refractivity contribution in [3.63, 3.8) is 0 Å². The lowest BCUT2D eigenvalue weighted by atomic mass is 10.1. The van der Waals surface area contributed by atoms with Crippen molar-refractivity contribution in [2.75, 3.05) is 10.6 Å². The minimum atomic E-state index is -0.187. The minimum Gasteiger partial charge on any atom is -0.335 e. The third kappa shape index (κ3) is 6.07. The van der Waals surface area contributed by atoms with Gasteiger partial charge in [-0.25, -0.2) is 4.79 Å². The first-order valence-corrected chi connectivity index (χ1v) is 10.3. The second-order valence-electron chi connectivity index (χ2n) is 8.22. The molecule has 1 aliphatic carbocycles. The summed E-state index contributed by atoms with van der Waals surface area (Å²) in [5.41, 5.74) is 4.71. The summed E-state index contributed by atoms with van der Waals surface area (Å²) in [5.74, 6) is 0.494. The maximum atomic E-state index is 12.4. The van der Waals surface area contributed by atoms with E-state index in [9.17, 15) is 9.59 Å². The summed E-state index contributed by atoms with van der Waals surface area (Å²) in [5, 5.41) is 13.2. The van der Waals surface area contributed by atoms with Crippen LogP contribution in [-0.4, -0.2) is 27.8 Å². The monoisotopic (exact) mass is 397 g/mol. The van der Waals surface area contributed by atoms with Crippen molar-refractivity contribution in [3.8, 4) is 0 Å². The molecule has 156 valence electrons. The highest BCUT2D eigenvalue weighted by Crippen LogP contribution is 2.20. The molecule has 0 radical (unpaired) electrons. The summed E-state index contributed by atoms with van der Waals surface area (Å²) in [6, 6.07) is 7.29. The van der Waals surface area contributed by atoms with Crippen molar-refractivity contribution < 1.29 is 9.59 Å². The SMILES string of the molecule is Cc1nn(CC(C)C)c(C)c1CCC(=O)Nc1ccc(NC(=O)NC2CC2)cc1. The van der Waals surface area contributed by atoms with Gasteiger partial charge in [0.15, 0.2) is 0 Å². The van der Waals surface area contributed by atoms with Crippen molar-refractivity contribution >= 4 is 23.3 Å². The molecule has 29 heavy (non-hydrogen) atoms. The summed E-state index contributed by atoms with van der Waals surface area (Å²) in [6.07, 6.45) is 3.17. The topological polar surface area (TPSA) is 88.1 Å². The van der Waals surface area contributed by atoms with Crippen molar-refractivity contribution in [3.05, 3.63) is 41.2 Å². The number of anilines is 2. The van der Waals surface area contributed by atoms with Crippen LogP contribution in [0.1, 0.15) is 50.1 Å². The predicted octanol–water partition coefficient (Wildman–Crippen LogP) is 4.01. The fourth-order valence-corrected chi connectivity index (χ4v) is 3.30. The molecule has 7 nitrogen and oxygen atoms in total. The standard InChI is InChI=1S/C22H31N5O2/c1-14(2)13-27-16(4)20(15(3)26-27)11-12-21(28)23-17-5-7-18(8-6-17)24-22(29)25-19-9-10-19/h5-8,14,19H,9-13H2,1-4H3,(H,23,28)(H2,24,25,29). The normalized spacial score (nSPS) is 13.4. The van der Waals surface area contributed by atoms with Gasteiger partial charge in [0.2, 0.25) is 5.91 Å². The molecule has 0 atom stereocenters. The van der Waals surface area contributed by atoms with E-state index in [0.29, 0.717) is 36.2 Å². The van der Waals surface area contributed by atoms with E-state index in [4.69, 9.17) is 0 Å². The van der Waals surface area contributed by atoms with E-state index in [1.165, 1.54) is 0 Å². The molecular formula is C22H31N5O2. The molecule has 3 N–H and O–H groups in total. The van der Waals surface area contributed by atoms with Gasteiger partial charge in [-0.2, -0.15) is 5.10 Å². The molecular weight excluding hydrogens is 366 g/mol. The summed E-state index contributed by atoms with van der Waals surface area (Å²) in [7, 11) is 0. The Balaban J connectivity index is 1.49. The predicted molar refractivity (Wildman–Crippen MR) is 115 cm³/mol. The molecule has 0 saturated heterocycles. The largest absolute Gasteiger partial charge is 0.335 e. The van der Waals surface area contributed by atoms with Crippen LogP contribution in [0.5, 0.6) is 0 Å².